The summed E-state index contributed by atoms with van der Waals surface area (Å²) < 4.78 is 1.59. The number of benzene rings is 2. The van der Waals surface area contributed by atoms with Crippen molar-refractivity contribution in [3.63, 3.8) is 0 Å². The van der Waals surface area contributed by atoms with Gasteiger partial charge in [0, 0.05) is 16.1 Å². The van der Waals surface area contributed by atoms with Crippen LogP contribution in [0.2, 0.25) is 5.02 Å². The fourth-order valence-electron chi connectivity index (χ4n) is 3.33. The molecule has 1 unspecified atom stereocenters. The van der Waals surface area contributed by atoms with Gasteiger partial charge < -0.3 is 10.4 Å². The van der Waals surface area contributed by atoms with E-state index >= 15 is 0 Å². The Kier molecular flexibility index (Phi) is 3.63. The van der Waals surface area contributed by atoms with E-state index < -0.39 is 6.04 Å². The van der Waals surface area contributed by atoms with Crippen molar-refractivity contribution in [2.45, 2.75) is 6.04 Å². The normalized spacial score (nSPS) is 14.8. The number of hydrogen-bond donors (Lipinski definition) is 3. The third-order valence-electron chi connectivity index (χ3n) is 4.59. The van der Waals surface area contributed by atoms with Crippen LogP contribution in [0.5, 0.6) is 5.75 Å². The number of hydrogen-bond acceptors (Lipinski definition) is 7. The molecular formula is C18H12ClN7O2. The number of anilines is 2. The highest BCUT2D eigenvalue weighted by molar-refractivity contribution is 6.30. The molecule has 28 heavy (non-hydrogen) atoms. The number of halogens is 1. The summed E-state index contributed by atoms with van der Waals surface area (Å²) in [6.45, 7) is 0. The van der Waals surface area contributed by atoms with Crippen molar-refractivity contribution < 1.29 is 5.11 Å². The van der Waals surface area contributed by atoms with E-state index in [0.717, 1.165) is 11.1 Å². The minimum Gasteiger partial charge on any atom is -0.508 e. The lowest BCUT2D eigenvalue weighted by molar-refractivity contribution is 0.475. The van der Waals surface area contributed by atoms with Gasteiger partial charge in [-0.25, -0.2) is 5.10 Å². The Labute approximate surface area is 162 Å². The first-order chi connectivity index (χ1) is 13.6. The van der Waals surface area contributed by atoms with Crippen LogP contribution in [0.3, 0.4) is 0 Å². The quantitative estimate of drug-likeness (QED) is 0.421. The molecule has 2 aromatic heterocycles. The van der Waals surface area contributed by atoms with Crippen molar-refractivity contribution in [2.75, 3.05) is 5.32 Å². The van der Waals surface area contributed by atoms with E-state index in [4.69, 9.17) is 11.6 Å². The predicted molar refractivity (Wildman–Crippen MR) is 102 cm³/mol. The number of rotatable bonds is 2. The molecule has 3 heterocycles. The van der Waals surface area contributed by atoms with Gasteiger partial charge in [-0.2, -0.15) is 9.78 Å². The molecule has 0 saturated heterocycles. The molecule has 9 nitrogen and oxygen atoms in total. The van der Waals surface area contributed by atoms with Gasteiger partial charge >= 0.3 is 0 Å². The van der Waals surface area contributed by atoms with Crippen molar-refractivity contribution in [3.8, 4) is 17.0 Å². The average Bonchev–Trinajstić information content (AvgIpc) is 3.17. The van der Waals surface area contributed by atoms with E-state index in [1.807, 2.05) is 12.1 Å². The summed E-state index contributed by atoms with van der Waals surface area (Å²) in [6, 6.07) is 13.3. The molecule has 1 aliphatic rings. The highest BCUT2D eigenvalue weighted by atomic mass is 35.5. The number of aromatic amines is 1. The fraction of sp³-hybridized carbons (Fsp3) is 0.0556. The van der Waals surface area contributed by atoms with Gasteiger partial charge in [0.2, 0.25) is 5.95 Å². The summed E-state index contributed by atoms with van der Waals surface area (Å²) in [6.07, 6.45) is 0. The number of nitrogens with zero attached hydrogens (tertiary/aromatic N) is 5. The van der Waals surface area contributed by atoms with E-state index in [-0.39, 0.29) is 11.3 Å². The molecule has 1 atom stereocenters. The van der Waals surface area contributed by atoms with Crippen LogP contribution in [0.25, 0.3) is 11.3 Å². The number of tetrazole rings is 1. The molecule has 3 N–H and O–H groups in total. The van der Waals surface area contributed by atoms with Gasteiger partial charge in [-0.15, -0.1) is 0 Å². The van der Waals surface area contributed by atoms with Crippen molar-refractivity contribution in [2.24, 2.45) is 0 Å². The second kappa shape index (κ2) is 6.17. The summed E-state index contributed by atoms with van der Waals surface area (Å²) in [4.78, 5) is 12.5. The maximum Gasteiger partial charge on any atom is 0.288 e. The van der Waals surface area contributed by atoms with Crippen LogP contribution in [0.1, 0.15) is 17.2 Å². The van der Waals surface area contributed by atoms with Crippen molar-refractivity contribution in [1.82, 2.24) is 30.4 Å². The van der Waals surface area contributed by atoms with E-state index in [0.29, 0.717) is 27.9 Å². The number of phenols is 1. The average molecular weight is 394 g/mol. The molecule has 2 aromatic carbocycles. The Hall–Kier alpha value is -3.72. The molecular weight excluding hydrogens is 382 g/mol. The van der Waals surface area contributed by atoms with E-state index in [9.17, 15) is 9.90 Å². The van der Waals surface area contributed by atoms with Crippen LogP contribution < -0.4 is 10.9 Å². The predicted octanol–water partition coefficient (Wildman–Crippen LogP) is 2.48. The second-order valence-corrected chi connectivity index (χ2v) is 6.70. The molecule has 10 heteroatoms. The zero-order valence-corrected chi connectivity index (χ0v) is 14.9. The number of nitrogens with one attached hydrogen (secondary N) is 2. The Balaban J connectivity index is 1.81. The third kappa shape index (κ3) is 2.52. The highest BCUT2D eigenvalue weighted by Crippen LogP contribution is 2.41. The third-order valence-corrected chi connectivity index (χ3v) is 4.85. The number of H-pyrrole nitrogens is 1. The maximum absolute atomic E-state index is 12.5. The Morgan fingerprint density at radius 1 is 1.07 bits per heavy atom. The molecule has 0 saturated carbocycles. The van der Waals surface area contributed by atoms with Crippen LogP contribution in [0.15, 0.2) is 53.3 Å². The smallest absolute Gasteiger partial charge is 0.288 e. The summed E-state index contributed by atoms with van der Waals surface area (Å²) in [5, 5.41) is 31.8. The molecule has 5 rings (SSSR count). The second-order valence-electron chi connectivity index (χ2n) is 6.26. The minimum absolute atomic E-state index is 0.136. The topological polar surface area (TPSA) is 122 Å². The first-order valence-corrected chi connectivity index (χ1v) is 8.72. The highest BCUT2D eigenvalue weighted by Gasteiger charge is 2.34. The van der Waals surface area contributed by atoms with E-state index in [1.165, 1.54) is 0 Å². The number of fused-ring (bicyclic) bond motifs is 2. The van der Waals surface area contributed by atoms with Gasteiger partial charge in [0.1, 0.15) is 17.5 Å². The van der Waals surface area contributed by atoms with Crippen LogP contribution in [0.4, 0.5) is 11.6 Å². The first kappa shape index (κ1) is 16.5. The van der Waals surface area contributed by atoms with Crippen LogP contribution in [-0.4, -0.2) is 35.5 Å². The van der Waals surface area contributed by atoms with Gasteiger partial charge in [-0.3, -0.25) is 4.79 Å². The van der Waals surface area contributed by atoms with E-state index in [2.05, 4.69) is 31.0 Å². The first-order valence-electron chi connectivity index (χ1n) is 8.34. The van der Waals surface area contributed by atoms with Crippen LogP contribution >= 0.6 is 11.6 Å². The minimum atomic E-state index is -0.489. The molecule has 1 aliphatic heterocycles. The number of aromatic hydroxyl groups is 1. The summed E-state index contributed by atoms with van der Waals surface area (Å²) in [5.74, 6) is 0.484. The van der Waals surface area contributed by atoms with Gasteiger partial charge in [0.25, 0.3) is 5.56 Å². The summed E-state index contributed by atoms with van der Waals surface area (Å²) in [7, 11) is 0. The molecule has 138 valence electrons. The van der Waals surface area contributed by atoms with Gasteiger partial charge in [-0.1, -0.05) is 28.8 Å². The summed E-state index contributed by atoms with van der Waals surface area (Å²) in [5.41, 5.74) is 2.67. The van der Waals surface area contributed by atoms with Gasteiger partial charge in [0.15, 0.2) is 0 Å². The van der Waals surface area contributed by atoms with E-state index in [1.54, 1.807) is 41.1 Å². The lowest BCUT2D eigenvalue weighted by Crippen LogP contribution is -2.29. The molecule has 0 fully saturated rings. The largest absolute Gasteiger partial charge is 0.508 e. The Morgan fingerprint density at radius 3 is 2.57 bits per heavy atom. The van der Waals surface area contributed by atoms with Crippen molar-refractivity contribution in [3.05, 3.63) is 75.0 Å². The number of phenolic OH excluding ortho intramolecular Hbond substituents is 1. The molecule has 0 spiro atoms. The zero-order valence-electron chi connectivity index (χ0n) is 14.2. The fourth-order valence-corrected chi connectivity index (χ4v) is 3.46. The SMILES string of the molecule is O=c1[nH]nc(-c2ccc(O)cc2)c2c1Nc1nnnn1C2c1ccc(Cl)cc1. The van der Waals surface area contributed by atoms with Crippen LogP contribution in [-0.2, 0) is 0 Å². The lowest BCUT2D eigenvalue weighted by Gasteiger charge is -2.27. The van der Waals surface area contributed by atoms with Crippen molar-refractivity contribution in [1.29, 1.82) is 0 Å². The molecule has 0 aliphatic carbocycles. The molecule has 0 radical (unpaired) electrons. The monoisotopic (exact) mass is 393 g/mol. The standard InChI is InChI=1S/C18H12ClN7O2/c19-11-5-1-10(2-6-11)16-13-14(9-3-7-12(27)8-4-9)21-22-17(28)15(13)20-18-23-24-25-26(16)18/h1-8,16,27H,(H,22,28)(H,20,23,25). The molecule has 4 aromatic rings. The Morgan fingerprint density at radius 2 is 1.82 bits per heavy atom. The molecule has 0 bridgehead atoms. The Bertz CT molecular complexity index is 1230. The lowest BCUT2D eigenvalue weighted by atomic mass is 9.92. The number of aromatic nitrogens is 6. The van der Waals surface area contributed by atoms with Crippen molar-refractivity contribution >= 4 is 23.2 Å². The zero-order chi connectivity index (χ0) is 19.3. The van der Waals surface area contributed by atoms with Crippen LogP contribution in [0, 0.1) is 0 Å². The maximum atomic E-state index is 12.5. The van der Waals surface area contributed by atoms with Gasteiger partial charge in [0.05, 0.1) is 5.69 Å². The van der Waals surface area contributed by atoms with Gasteiger partial charge in [-0.05, 0) is 52.4 Å². The summed E-state index contributed by atoms with van der Waals surface area (Å²) >= 11 is 6.05. The molecule has 0 amide bonds.